The van der Waals surface area contributed by atoms with E-state index >= 15 is 0 Å². The summed E-state index contributed by atoms with van der Waals surface area (Å²) >= 11 is 0. The number of aliphatic hydroxyl groups is 1. The minimum atomic E-state index is -0.230. The van der Waals surface area contributed by atoms with Gasteiger partial charge in [0.05, 0.1) is 23.2 Å². The van der Waals surface area contributed by atoms with E-state index in [1.54, 1.807) is 0 Å². The molecule has 1 fully saturated rings. The van der Waals surface area contributed by atoms with Gasteiger partial charge in [0.1, 0.15) is 0 Å². The highest BCUT2D eigenvalue weighted by molar-refractivity contribution is 5.95. The Morgan fingerprint density at radius 1 is 1.16 bits per heavy atom. The monoisotopic (exact) mass is 517 g/mol. The Kier molecular flexibility index (Phi) is 7.74. The Bertz CT molecular complexity index is 1320. The maximum atomic E-state index is 13.2. The van der Waals surface area contributed by atoms with E-state index in [2.05, 4.69) is 39.9 Å². The Labute approximate surface area is 224 Å². The number of aryl methyl sites for hydroxylation is 2. The average Bonchev–Trinajstić information content (AvgIpc) is 3.27. The van der Waals surface area contributed by atoms with Crippen LogP contribution in [0.1, 0.15) is 92.3 Å². The lowest BCUT2D eigenvalue weighted by atomic mass is 9.93. The van der Waals surface area contributed by atoms with Crippen molar-refractivity contribution in [3.8, 4) is 0 Å². The quantitative estimate of drug-likeness (QED) is 0.461. The summed E-state index contributed by atoms with van der Waals surface area (Å²) in [6, 6.07) is 4.20. The molecular formula is C29H39N7O2. The van der Waals surface area contributed by atoms with E-state index in [1.807, 2.05) is 37.1 Å². The van der Waals surface area contributed by atoms with Crippen molar-refractivity contribution in [2.45, 2.75) is 90.8 Å². The number of aliphatic hydroxyl groups excluding tert-OH is 1. The van der Waals surface area contributed by atoms with Gasteiger partial charge in [-0.25, -0.2) is 9.67 Å². The lowest BCUT2D eigenvalue weighted by molar-refractivity contribution is 0.0772. The van der Waals surface area contributed by atoms with Gasteiger partial charge < -0.3 is 15.3 Å². The van der Waals surface area contributed by atoms with Gasteiger partial charge in [0.15, 0.2) is 5.65 Å². The molecule has 2 aliphatic rings. The van der Waals surface area contributed by atoms with Gasteiger partial charge in [-0.05, 0) is 77.0 Å². The zero-order valence-electron chi connectivity index (χ0n) is 22.9. The predicted molar refractivity (Wildman–Crippen MR) is 149 cm³/mol. The summed E-state index contributed by atoms with van der Waals surface area (Å²) in [6.07, 6.45) is 9.95. The molecule has 3 aromatic heterocycles. The molecule has 202 valence electrons. The summed E-state index contributed by atoms with van der Waals surface area (Å²) in [5.41, 5.74) is 5.26. The highest BCUT2D eigenvalue weighted by Crippen LogP contribution is 2.34. The molecule has 0 unspecified atom stereocenters. The fourth-order valence-corrected chi connectivity index (χ4v) is 5.72. The van der Waals surface area contributed by atoms with Crippen molar-refractivity contribution in [1.82, 2.24) is 29.6 Å². The van der Waals surface area contributed by atoms with Crippen molar-refractivity contribution in [3.63, 3.8) is 0 Å². The SMILES string of the molecule is CCC[C@H](C)Nc1ncc2c(C3=CCN(C(=O)c4cc(C)nc(C)c4)CC3)nn(C3CCC(O)CC3)c2n1. The topological polar surface area (TPSA) is 109 Å². The molecule has 3 aromatic rings. The molecule has 4 heterocycles. The number of carbonyl (C=O) groups excluding carboxylic acids is 1. The van der Waals surface area contributed by atoms with Crippen LogP contribution in [0.2, 0.25) is 0 Å². The minimum Gasteiger partial charge on any atom is -0.393 e. The summed E-state index contributed by atoms with van der Waals surface area (Å²) in [4.78, 5) is 29.0. The number of nitrogens with zero attached hydrogens (tertiary/aromatic N) is 6. The number of hydrogen-bond acceptors (Lipinski definition) is 7. The first kappa shape index (κ1) is 26.3. The average molecular weight is 518 g/mol. The number of amides is 1. The first-order valence-electron chi connectivity index (χ1n) is 14.0. The number of fused-ring (bicyclic) bond motifs is 1. The lowest BCUT2D eigenvalue weighted by Gasteiger charge is -2.27. The molecule has 5 rings (SSSR count). The number of rotatable bonds is 7. The highest BCUT2D eigenvalue weighted by Gasteiger charge is 2.28. The van der Waals surface area contributed by atoms with Crippen LogP contribution >= 0.6 is 0 Å². The fraction of sp³-hybridized carbons (Fsp3) is 0.552. The van der Waals surface area contributed by atoms with E-state index in [-0.39, 0.29) is 24.1 Å². The molecule has 9 nitrogen and oxygen atoms in total. The van der Waals surface area contributed by atoms with Crippen LogP contribution < -0.4 is 5.32 Å². The van der Waals surface area contributed by atoms with E-state index < -0.39 is 0 Å². The number of pyridine rings is 1. The third-order valence-electron chi connectivity index (χ3n) is 7.69. The van der Waals surface area contributed by atoms with Crippen LogP contribution in [-0.2, 0) is 0 Å². The number of anilines is 1. The number of nitrogens with one attached hydrogen (secondary N) is 1. The van der Waals surface area contributed by atoms with Crippen LogP contribution in [0, 0.1) is 13.8 Å². The van der Waals surface area contributed by atoms with Gasteiger partial charge in [0.2, 0.25) is 5.95 Å². The summed E-state index contributed by atoms with van der Waals surface area (Å²) in [6.45, 7) is 9.32. The van der Waals surface area contributed by atoms with Crippen molar-refractivity contribution in [2.24, 2.45) is 0 Å². The molecule has 1 aliphatic heterocycles. The molecule has 1 amide bonds. The van der Waals surface area contributed by atoms with Gasteiger partial charge in [0, 0.05) is 42.3 Å². The van der Waals surface area contributed by atoms with Gasteiger partial charge in [-0.2, -0.15) is 10.1 Å². The Morgan fingerprint density at radius 3 is 2.55 bits per heavy atom. The van der Waals surface area contributed by atoms with Gasteiger partial charge >= 0.3 is 0 Å². The summed E-state index contributed by atoms with van der Waals surface area (Å²) < 4.78 is 2.06. The number of carbonyl (C=O) groups is 1. The molecule has 2 N–H and O–H groups in total. The Hall–Kier alpha value is -3.33. The molecule has 0 spiro atoms. The normalized spacial score (nSPS) is 20.9. The van der Waals surface area contributed by atoms with Crippen molar-refractivity contribution < 1.29 is 9.90 Å². The second kappa shape index (κ2) is 11.2. The maximum Gasteiger partial charge on any atom is 0.254 e. The first-order chi connectivity index (χ1) is 18.3. The number of hydrogen-bond donors (Lipinski definition) is 2. The van der Waals surface area contributed by atoms with E-state index in [4.69, 9.17) is 10.1 Å². The molecule has 9 heteroatoms. The van der Waals surface area contributed by atoms with Gasteiger partial charge in [-0.3, -0.25) is 9.78 Å². The smallest absolute Gasteiger partial charge is 0.254 e. The second-order valence-electron chi connectivity index (χ2n) is 10.9. The molecule has 0 bridgehead atoms. The van der Waals surface area contributed by atoms with Crippen LogP contribution in [-0.4, -0.2) is 65.9 Å². The van der Waals surface area contributed by atoms with Gasteiger partial charge in [0.25, 0.3) is 5.91 Å². The molecule has 1 atom stereocenters. The van der Waals surface area contributed by atoms with E-state index in [1.165, 1.54) is 0 Å². The van der Waals surface area contributed by atoms with E-state index in [9.17, 15) is 9.90 Å². The van der Waals surface area contributed by atoms with Crippen molar-refractivity contribution >= 4 is 28.5 Å². The molecular weight excluding hydrogens is 478 g/mol. The standard InChI is InChI=1S/C29H39N7O2/c1-5-6-18(2)32-29-30-17-25-26(34-36(27(25)33-29)23-7-9-24(37)10-8-23)21-11-13-35(14-12-21)28(38)22-15-19(3)31-20(4)16-22/h11,15-18,23-24,37H,5-10,12-14H2,1-4H3,(H,30,32,33)/t18-,23?,24?/m0/s1. The van der Waals surface area contributed by atoms with Crippen LogP contribution in [0.3, 0.4) is 0 Å². The van der Waals surface area contributed by atoms with Gasteiger partial charge in [-0.1, -0.05) is 19.4 Å². The van der Waals surface area contributed by atoms with Crippen molar-refractivity contribution in [3.05, 3.63) is 47.1 Å². The minimum absolute atomic E-state index is 0.0327. The summed E-state index contributed by atoms with van der Waals surface area (Å²) in [7, 11) is 0. The van der Waals surface area contributed by atoms with Crippen molar-refractivity contribution in [1.29, 1.82) is 0 Å². The Morgan fingerprint density at radius 2 is 1.89 bits per heavy atom. The molecule has 0 aromatic carbocycles. The zero-order chi connectivity index (χ0) is 26.8. The van der Waals surface area contributed by atoms with Gasteiger partial charge in [-0.15, -0.1) is 0 Å². The fourth-order valence-electron chi connectivity index (χ4n) is 5.72. The highest BCUT2D eigenvalue weighted by atomic mass is 16.3. The number of aromatic nitrogens is 5. The maximum absolute atomic E-state index is 13.2. The third-order valence-corrected chi connectivity index (χ3v) is 7.69. The van der Waals surface area contributed by atoms with Crippen molar-refractivity contribution in [2.75, 3.05) is 18.4 Å². The molecule has 0 saturated heterocycles. The van der Waals surface area contributed by atoms with E-state index in [0.29, 0.717) is 24.6 Å². The molecule has 1 aliphatic carbocycles. The predicted octanol–water partition coefficient (Wildman–Crippen LogP) is 4.84. The summed E-state index contributed by atoms with van der Waals surface area (Å²) in [5, 5.41) is 19.5. The summed E-state index contributed by atoms with van der Waals surface area (Å²) in [5.74, 6) is 0.657. The first-order valence-corrected chi connectivity index (χ1v) is 14.0. The third kappa shape index (κ3) is 5.57. The zero-order valence-corrected chi connectivity index (χ0v) is 22.9. The van der Waals surface area contributed by atoms with Crippen LogP contribution in [0.5, 0.6) is 0 Å². The lowest BCUT2D eigenvalue weighted by Crippen LogP contribution is -2.34. The molecule has 1 saturated carbocycles. The van der Waals surface area contributed by atoms with Crippen LogP contribution in [0.4, 0.5) is 5.95 Å². The van der Waals surface area contributed by atoms with Crippen LogP contribution in [0.25, 0.3) is 16.6 Å². The second-order valence-corrected chi connectivity index (χ2v) is 10.9. The Balaban J connectivity index is 1.44. The van der Waals surface area contributed by atoms with E-state index in [0.717, 1.165) is 78.6 Å². The largest absolute Gasteiger partial charge is 0.393 e. The molecule has 0 radical (unpaired) electrons. The molecule has 38 heavy (non-hydrogen) atoms. The van der Waals surface area contributed by atoms with Crippen LogP contribution in [0.15, 0.2) is 24.4 Å².